The van der Waals surface area contributed by atoms with Crippen molar-refractivity contribution in [2.24, 2.45) is 0 Å². The molecule has 0 radical (unpaired) electrons. The van der Waals surface area contributed by atoms with Crippen molar-refractivity contribution in [2.45, 2.75) is 32.4 Å². The van der Waals surface area contributed by atoms with E-state index in [-0.39, 0.29) is 29.6 Å². The molecule has 0 aliphatic carbocycles. The first-order valence-electron chi connectivity index (χ1n) is 6.18. The molecule has 2 atom stereocenters. The third-order valence-electron chi connectivity index (χ3n) is 3.18. The van der Waals surface area contributed by atoms with Crippen LogP contribution in [0.25, 0.3) is 0 Å². The number of rotatable bonds is 3. The van der Waals surface area contributed by atoms with Gasteiger partial charge in [-0.1, -0.05) is 6.92 Å². The number of nitrogens with zero attached hydrogens (tertiary/aromatic N) is 4. The highest BCUT2D eigenvalue weighted by Crippen LogP contribution is 2.30. The van der Waals surface area contributed by atoms with Crippen LogP contribution in [0.4, 0.5) is 17.5 Å². The zero-order valence-electron chi connectivity index (χ0n) is 10.9. The molecule has 2 heterocycles. The summed E-state index contributed by atoms with van der Waals surface area (Å²) in [5, 5.41) is 11.1. The lowest BCUT2D eigenvalue weighted by Gasteiger charge is -2.38. The van der Waals surface area contributed by atoms with Crippen LogP contribution in [0.1, 0.15) is 20.3 Å². The molecule has 1 aliphatic heterocycles. The Morgan fingerprint density at radius 2 is 2.42 bits per heavy atom. The molecule has 0 spiro atoms. The molecule has 19 heavy (non-hydrogen) atoms. The predicted octanol–water partition coefficient (Wildman–Crippen LogP) is 0.971. The van der Waals surface area contributed by atoms with Gasteiger partial charge in [-0.05, 0) is 13.3 Å². The molecule has 1 saturated heterocycles. The predicted molar refractivity (Wildman–Crippen MR) is 69.9 cm³/mol. The highest BCUT2D eigenvalue weighted by Gasteiger charge is 2.32. The van der Waals surface area contributed by atoms with Gasteiger partial charge in [-0.25, -0.2) is 4.98 Å². The van der Waals surface area contributed by atoms with Crippen molar-refractivity contribution in [3.63, 3.8) is 0 Å². The van der Waals surface area contributed by atoms with E-state index < -0.39 is 4.92 Å². The van der Waals surface area contributed by atoms with Gasteiger partial charge in [-0.2, -0.15) is 4.98 Å². The lowest BCUT2D eigenvalue weighted by Crippen LogP contribution is -2.49. The van der Waals surface area contributed by atoms with Crippen LogP contribution in [-0.2, 0) is 4.74 Å². The zero-order chi connectivity index (χ0) is 14.0. The van der Waals surface area contributed by atoms with Crippen LogP contribution in [0.3, 0.4) is 0 Å². The molecule has 8 nitrogen and oxygen atoms in total. The fraction of sp³-hybridized carbons (Fsp3) is 0.636. The summed E-state index contributed by atoms with van der Waals surface area (Å²) in [6, 6.07) is 0.0594. The van der Waals surface area contributed by atoms with Crippen molar-refractivity contribution in [3.8, 4) is 0 Å². The number of nitrogens with two attached hydrogens (primary N) is 1. The Morgan fingerprint density at radius 3 is 3.05 bits per heavy atom. The molecule has 1 aromatic rings. The average molecular weight is 267 g/mol. The number of anilines is 2. The number of hydrogen-bond acceptors (Lipinski definition) is 7. The van der Waals surface area contributed by atoms with Crippen molar-refractivity contribution in [1.29, 1.82) is 0 Å². The molecular formula is C11H17N5O3. The van der Waals surface area contributed by atoms with Crippen LogP contribution in [0.15, 0.2) is 6.20 Å². The van der Waals surface area contributed by atoms with Gasteiger partial charge in [-0.15, -0.1) is 0 Å². The highest BCUT2D eigenvalue weighted by molar-refractivity contribution is 5.59. The first kappa shape index (κ1) is 13.5. The molecule has 2 N–H and O–H groups in total. The zero-order valence-corrected chi connectivity index (χ0v) is 10.9. The van der Waals surface area contributed by atoms with Gasteiger partial charge in [0, 0.05) is 6.54 Å². The van der Waals surface area contributed by atoms with E-state index in [2.05, 4.69) is 9.97 Å². The Morgan fingerprint density at radius 1 is 1.68 bits per heavy atom. The first-order chi connectivity index (χ1) is 9.02. The second-order valence-electron chi connectivity index (χ2n) is 4.55. The van der Waals surface area contributed by atoms with Gasteiger partial charge in [0.1, 0.15) is 6.20 Å². The minimum absolute atomic E-state index is 0.00130. The molecule has 8 heteroatoms. The van der Waals surface area contributed by atoms with Crippen LogP contribution in [0.5, 0.6) is 0 Å². The summed E-state index contributed by atoms with van der Waals surface area (Å²) < 4.78 is 5.58. The van der Waals surface area contributed by atoms with Gasteiger partial charge in [0.15, 0.2) is 0 Å². The van der Waals surface area contributed by atoms with Crippen molar-refractivity contribution < 1.29 is 9.66 Å². The number of hydrogen-bond donors (Lipinski definition) is 1. The number of nitro groups is 1. The molecule has 0 bridgehead atoms. The van der Waals surface area contributed by atoms with E-state index in [1.54, 1.807) is 0 Å². The first-order valence-corrected chi connectivity index (χ1v) is 6.18. The Balaban J connectivity index is 2.42. The van der Waals surface area contributed by atoms with Gasteiger partial charge < -0.3 is 15.4 Å². The normalized spacial score (nSPS) is 23.4. The van der Waals surface area contributed by atoms with Crippen LogP contribution in [0, 0.1) is 10.1 Å². The topological polar surface area (TPSA) is 107 Å². The minimum atomic E-state index is -0.485. The second kappa shape index (κ2) is 5.35. The molecule has 104 valence electrons. The van der Waals surface area contributed by atoms with Gasteiger partial charge in [0.25, 0.3) is 0 Å². The molecule has 1 fully saturated rings. The highest BCUT2D eigenvalue weighted by atomic mass is 16.6. The van der Waals surface area contributed by atoms with E-state index in [1.807, 2.05) is 18.7 Å². The van der Waals surface area contributed by atoms with E-state index >= 15 is 0 Å². The second-order valence-corrected chi connectivity index (χ2v) is 4.55. The molecule has 2 rings (SSSR count). The summed E-state index contributed by atoms with van der Waals surface area (Å²) in [7, 11) is 0. The SMILES string of the molecule is CCC1COC(C)CN1c1nc(N)ncc1[N+](=O)[O-]. The van der Waals surface area contributed by atoms with Gasteiger partial charge in [0.2, 0.25) is 11.8 Å². The summed E-state index contributed by atoms with van der Waals surface area (Å²) in [4.78, 5) is 20.2. The van der Waals surface area contributed by atoms with Crippen molar-refractivity contribution >= 4 is 17.5 Å². The third kappa shape index (κ3) is 2.73. The molecule has 0 saturated carbocycles. The molecule has 0 aromatic carbocycles. The third-order valence-corrected chi connectivity index (χ3v) is 3.18. The molecule has 2 unspecified atom stereocenters. The maximum atomic E-state index is 11.1. The van der Waals surface area contributed by atoms with Gasteiger partial charge >= 0.3 is 5.69 Å². The maximum Gasteiger partial charge on any atom is 0.329 e. The molecule has 1 aliphatic rings. The summed E-state index contributed by atoms with van der Waals surface area (Å²) in [5.41, 5.74) is 5.43. The number of ether oxygens (including phenoxy) is 1. The summed E-state index contributed by atoms with van der Waals surface area (Å²) in [6.07, 6.45) is 1.97. The summed E-state index contributed by atoms with van der Waals surface area (Å²) in [5.74, 6) is 0.314. The Labute approximate surface area is 110 Å². The largest absolute Gasteiger partial charge is 0.375 e. The Hall–Kier alpha value is -1.96. The Bertz CT molecular complexity index is 481. The summed E-state index contributed by atoms with van der Waals surface area (Å²) in [6.45, 7) is 5.01. The van der Waals surface area contributed by atoms with E-state index in [4.69, 9.17) is 10.5 Å². The smallest absolute Gasteiger partial charge is 0.329 e. The lowest BCUT2D eigenvalue weighted by atomic mass is 10.1. The van der Waals surface area contributed by atoms with E-state index in [1.165, 1.54) is 0 Å². The standard InChI is InChI=1S/C11H17N5O3/c1-3-8-6-19-7(2)5-15(8)10-9(16(17)18)4-13-11(12)14-10/h4,7-8H,3,5-6H2,1-2H3,(H2,12,13,14). The molecule has 1 aromatic heterocycles. The van der Waals surface area contributed by atoms with Crippen LogP contribution in [0.2, 0.25) is 0 Å². The van der Waals surface area contributed by atoms with Crippen LogP contribution < -0.4 is 10.6 Å². The van der Waals surface area contributed by atoms with Crippen molar-refractivity contribution in [1.82, 2.24) is 9.97 Å². The number of morpholine rings is 1. The molecular weight excluding hydrogens is 250 g/mol. The number of nitrogen functional groups attached to an aromatic ring is 1. The quantitative estimate of drug-likeness (QED) is 0.642. The van der Waals surface area contributed by atoms with Crippen molar-refractivity contribution in [3.05, 3.63) is 16.3 Å². The van der Waals surface area contributed by atoms with Gasteiger partial charge in [0.05, 0.1) is 23.7 Å². The van der Waals surface area contributed by atoms with E-state index in [0.29, 0.717) is 13.2 Å². The van der Waals surface area contributed by atoms with Crippen LogP contribution >= 0.6 is 0 Å². The van der Waals surface area contributed by atoms with Crippen molar-refractivity contribution in [2.75, 3.05) is 23.8 Å². The van der Waals surface area contributed by atoms with Gasteiger partial charge in [-0.3, -0.25) is 10.1 Å². The summed E-state index contributed by atoms with van der Waals surface area (Å²) >= 11 is 0. The lowest BCUT2D eigenvalue weighted by molar-refractivity contribution is -0.384. The maximum absolute atomic E-state index is 11.1. The van der Waals surface area contributed by atoms with Crippen LogP contribution in [-0.4, -0.2) is 40.2 Å². The fourth-order valence-corrected chi connectivity index (χ4v) is 2.16. The molecule has 0 amide bonds. The number of aromatic nitrogens is 2. The monoisotopic (exact) mass is 267 g/mol. The Kier molecular flexibility index (Phi) is 3.79. The fourth-order valence-electron chi connectivity index (χ4n) is 2.16. The minimum Gasteiger partial charge on any atom is -0.375 e. The van der Waals surface area contributed by atoms with E-state index in [0.717, 1.165) is 12.6 Å². The van der Waals surface area contributed by atoms with E-state index in [9.17, 15) is 10.1 Å². The average Bonchev–Trinajstić information content (AvgIpc) is 2.38.